The highest BCUT2D eigenvalue weighted by Gasteiger charge is 2.38. The molecule has 260 valence electrons. The summed E-state index contributed by atoms with van der Waals surface area (Å²) in [5.74, 6) is 1.24. The maximum Gasteiger partial charge on any atom is 0.255 e. The summed E-state index contributed by atoms with van der Waals surface area (Å²) in [7, 11) is 0. The van der Waals surface area contributed by atoms with Crippen LogP contribution in [-0.2, 0) is 0 Å². The molecule has 0 radical (unpaired) electrons. The average Bonchev–Trinajstić information content (AvgIpc) is 3.15. The van der Waals surface area contributed by atoms with Crippen LogP contribution < -0.4 is 41.4 Å². The first-order valence-electron chi connectivity index (χ1n) is 17.0. The van der Waals surface area contributed by atoms with E-state index in [2.05, 4.69) is 20.4 Å². The Kier molecular flexibility index (Phi) is 9.59. The normalized spacial score (nSPS) is 21.5. The van der Waals surface area contributed by atoms with Crippen LogP contribution >= 0.6 is 0 Å². The van der Waals surface area contributed by atoms with Crippen molar-refractivity contribution in [1.29, 1.82) is 0 Å². The van der Waals surface area contributed by atoms with Crippen LogP contribution in [0.4, 0.5) is 11.4 Å². The Morgan fingerprint density at radius 2 is 1.02 bits per heavy atom. The molecule has 0 bridgehead atoms. The van der Waals surface area contributed by atoms with Crippen LogP contribution in [0.15, 0.2) is 84.9 Å². The molecule has 8 N–H and O–H groups in total. The Morgan fingerprint density at radius 1 is 0.620 bits per heavy atom. The Bertz CT molecular complexity index is 1720. The highest BCUT2D eigenvalue weighted by molar-refractivity contribution is 6.04. The number of para-hydroxylation sites is 2. The van der Waals surface area contributed by atoms with E-state index in [9.17, 15) is 9.59 Å². The third kappa shape index (κ3) is 6.34. The summed E-state index contributed by atoms with van der Waals surface area (Å²) in [5, 5.41) is 23.9. The molecule has 50 heavy (non-hydrogen) atoms. The molecular weight excluding hydrogens is 636 g/mol. The minimum atomic E-state index is -0.222. The molecule has 0 saturated carbocycles. The van der Waals surface area contributed by atoms with Crippen LogP contribution in [0.5, 0.6) is 11.5 Å². The van der Waals surface area contributed by atoms with Crippen LogP contribution in [0.2, 0.25) is 0 Å². The number of nitrogens with zero attached hydrogens (tertiary/aromatic N) is 2. The monoisotopic (exact) mass is 678 g/mol. The quantitative estimate of drug-likeness (QED) is 0.162. The van der Waals surface area contributed by atoms with Crippen molar-refractivity contribution in [3.63, 3.8) is 0 Å². The number of aliphatic hydroxyl groups is 2. The van der Waals surface area contributed by atoms with Gasteiger partial charge >= 0.3 is 0 Å². The fourth-order valence-electron chi connectivity index (χ4n) is 7.24. The van der Waals surface area contributed by atoms with Gasteiger partial charge in [-0.1, -0.05) is 48.5 Å². The summed E-state index contributed by atoms with van der Waals surface area (Å²) in [5.41, 5.74) is 19.8. The number of aliphatic hydroxyl groups excluding tert-OH is 2. The lowest BCUT2D eigenvalue weighted by atomic mass is 9.90. The number of amides is 2. The standard InChI is InChI=1S/2C19H21N3O3/c2*20-16-8-9-22-17-14(16)2-1-3-15(17)19(24)21-18(22)12-4-6-13(7-5-12)25-11-10-23/h2*1-7,16,18,23H,8-11,20H2,(H,21,24)/t2*16-,18-/m10/s1. The molecule has 0 spiro atoms. The predicted octanol–water partition coefficient (Wildman–Crippen LogP) is 3.42. The van der Waals surface area contributed by atoms with Gasteiger partial charge in [0.05, 0.1) is 35.7 Å². The van der Waals surface area contributed by atoms with E-state index >= 15 is 0 Å². The molecule has 0 aromatic heterocycles. The van der Waals surface area contributed by atoms with E-state index < -0.39 is 0 Å². The van der Waals surface area contributed by atoms with Crippen LogP contribution in [0.3, 0.4) is 0 Å². The highest BCUT2D eigenvalue weighted by atomic mass is 16.5. The molecule has 0 unspecified atom stereocenters. The number of nitrogens with two attached hydrogens (primary N) is 2. The van der Waals surface area contributed by atoms with Crippen molar-refractivity contribution in [3.8, 4) is 11.5 Å². The molecular formula is C38H42N6O6. The van der Waals surface area contributed by atoms with Crippen molar-refractivity contribution in [3.05, 3.63) is 118 Å². The molecule has 0 aliphatic carbocycles. The number of ether oxygens (including phenoxy) is 2. The third-order valence-corrected chi connectivity index (χ3v) is 9.63. The Balaban J connectivity index is 0.000000157. The number of carbonyl (C=O) groups is 2. The first-order chi connectivity index (χ1) is 24.4. The van der Waals surface area contributed by atoms with Crippen LogP contribution in [0.25, 0.3) is 0 Å². The number of anilines is 2. The van der Waals surface area contributed by atoms with E-state index in [0.717, 1.165) is 59.6 Å². The van der Waals surface area contributed by atoms with Crippen molar-refractivity contribution in [2.45, 2.75) is 37.3 Å². The van der Waals surface area contributed by atoms with Gasteiger partial charge in [0.15, 0.2) is 0 Å². The summed E-state index contributed by atoms with van der Waals surface area (Å²) < 4.78 is 10.8. The van der Waals surface area contributed by atoms with Crippen molar-refractivity contribution in [1.82, 2.24) is 10.6 Å². The minimum Gasteiger partial charge on any atom is -0.491 e. The molecule has 4 aromatic carbocycles. The summed E-state index contributed by atoms with van der Waals surface area (Å²) in [6.07, 6.45) is 1.25. The van der Waals surface area contributed by atoms with Crippen LogP contribution in [0, 0.1) is 0 Å². The van der Waals surface area contributed by atoms with E-state index in [0.29, 0.717) is 22.6 Å². The van der Waals surface area contributed by atoms with Crippen LogP contribution in [-0.4, -0.2) is 61.5 Å². The predicted molar refractivity (Wildman–Crippen MR) is 189 cm³/mol. The number of hydrogen-bond donors (Lipinski definition) is 6. The number of hydrogen-bond acceptors (Lipinski definition) is 10. The number of carbonyl (C=O) groups excluding carboxylic acids is 2. The molecule has 0 saturated heterocycles. The van der Waals surface area contributed by atoms with Gasteiger partial charge in [-0.15, -0.1) is 0 Å². The molecule has 12 nitrogen and oxygen atoms in total. The van der Waals surface area contributed by atoms with E-state index in [1.54, 1.807) is 0 Å². The van der Waals surface area contributed by atoms with Gasteiger partial charge in [-0.3, -0.25) is 9.59 Å². The van der Waals surface area contributed by atoms with Gasteiger partial charge in [-0.05, 0) is 71.5 Å². The summed E-state index contributed by atoms with van der Waals surface area (Å²) in [4.78, 5) is 29.6. The third-order valence-electron chi connectivity index (χ3n) is 9.63. The van der Waals surface area contributed by atoms with Gasteiger partial charge in [0, 0.05) is 25.2 Å². The van der Waals surface area contributed by atoms with Gasteiger partial charge in [-0.2, -0.15) is 0 Å². The minimum absolute atomic E-state index is 0.0198. The zero-order chi connectivity index (χ0) is 34.8. The van der Waals surface area contributed by atoms with Gasteiger partial charge in [0.25, 0.3) is 11.8 Å². The molecule has 0 fully saturated rings. The molecule has 4 atom stereocenters. The smallest absolute Gasteiger partial charge is 0.255 e. The van der Waals surface area contributed by atoms with Gasteiger partial charge in [0.1, 0.15) is 37.0 Å². The molecule has 2 amide bonds. The molecule has 4 aliphatic rings. The van der Waals surface area contributed by atoms with Gasteiger partial charge in [-0.25, -0.2) is 0 Å². The fraction of sp³-hybridized carbons (Fsp3) is 0.316. The number of benzene rings is 4. The second-order valence-electron chi connectivity index (χ2n) is 12.7. The summed E-state index contributed by atoms with van der Waals surface area (Å²) in [6.45, 7) is 2.07. The SMILES string of the molecule is N[C@@H]1CCN2c3c(cccc31)C(=O)N[C@H]2c1ccc(OCCO)cc1.N[C@H]1CCN2c3c(cccc31)C(=O)N[C@@H]2c1ccc(OCCO)cc1. The molecule has 4 heterocycles. The first kappa shape index (κ1) is 33.4. The Hall–Kier alpha value is -5.14. The zero-order valence-corrected chi connectivity index (χ0v) is 27.6. The number of nitrogens with one attached hydrogen (secondary N) is 2. The zero-order valence-electron chi connectivity index (χ0n) is 27.6. The molecule has 4 aromatic rings. The molecule has 8 rings (SSSR count). The lowest BCUT2D eigenvalue weighted by Crippen LogP contribution is -2.49. The van der Waals surface area contributed by atoms with E-state index in [-0.39, 0.29) is 62.7 Å². The van der Waals surface area contributed by atoms with Gasteiger partial charge in [0.2, 0.25) is 0 Å². The van der Waals surface area contributed by atoms with Crippen molar-refractivity contribution in [2.75, 3.05) is 49.3 Å². The van der Waals surface area contributed by atoms with E-state index in [1.165, 1.54) is 0 Å². The second-order valence-corrected chi connectivity index (χ2v) is 12.7. The van der Waals surface area contributed by atoms with Crippen LogP contribution in [0.1, 0.15) is 80.2 Å². The fourth-order valence-corrected chi connectivity index (χ4v) is 7.24. The van der Waals surface area contributed by atoms with Crippen molar-refractivity contribution in [2.24, 2.45) is 11.5 Å². The van der Waals surface area contributed by atoms with E-state index in [1.807, 2.05) is 84.9 Å². The Labute approximate surface area is 290 Å². The summed E-state index contributed by atoms with van der Waals surface area (Å²) in [6, 6.07) is 26.6. The largest absolute Gasteiger partial charge is 0.491 e. The molecule has 4 aliphatic heterocycles. The maximum atomic E-state index is 12.6. The molecule has 12 heteroatoms. The van der Waals surface area contributed by atoms with Gasteiger partial charge < -0.3 is 51.6 Å². The van der Waals surface area contributed by atoms with E-state index in [4.69, 9.17) is 31.2 Å². The first-order valence-corrected chi connectivity index (χ1v) is 17.0. The van der Waals surface area contributed by atoms with Crippen molar-refractivity contribution >= 4 is 23.2 Å². The Morgan fingerprint density at radius 3 is 1.40 bits per heavy atom. The topological polar surface area (TPSA) is 176 Å². The highest BCUT2D eigenvalue weighted by Crippen LogP contribution is 2.43. The number of rotatable bonds is 8. The summed E-state index contributed by atoms with van der Waals surface area (Å²) >= 11 is 0. The lowest BCUT2D eigenvalue weighted by Gasteiger charge is -2.44. The second kappa shape index (κ2) is 14.4. The van der Waals surface area contributed by atoms with Crippen molar-refractivity contribution < 1.29 is 29.3 Å². The maximum absolute atomic E-state index is 12.6. The average molecular weight is 679 g/mol. The lowest BCUT2D eigenvalue weighted by molar-refractivity contribution is 0.0916.